The SMILES string of the molecule is CCOC(=O)/C(=C/c1ccc(C)cc1)N=C=O. The van der Waals surface area contributed by atoms with Crippen LogP contribution < -0.4 is 0 Å². The van der Waals surface area contributed by atoms with E-state index < -0.39 is 5.97 Å². The van der Waals surface area contributed by atoms with Crippen molar-refractivity contribution in [2.75, 3.05) is 6.61 Å². The summed E-state index contributed by atoms with van der Waals surface area (Å²) in [4.78, 5) is 25.0. The van der Waals surface area contributed by atoms with E-state index in [0.717, 1.165) is 11.1 Å². The maximum absolute atomic E-state index is 11.4. The average molecular weight is 231 g/mol. The van der Waals surface area contributed by atoms with Gasteiger partial charge in [-0.2, -0.15) is 4.99 Å². The lowest BCUT2D eigenvalue weighted by molar-refractivity contribution is -0.138. The summed E-state index contributed by atoms with van der Waals surface area (Å²) in [6.07, 6.45) is 2.83. The fourth-order valence-electron chi connectivity index (χ4n) is 1.21. The van der Waals surface area contributed by atoms with Gasteiger partial charge in [-0.3, -0.25) is 0 Å². The van der Waals surface area contributed by atoms with Crippen LogP contribution in [0.5, 0.6) is 0 Å². The third kappa shape index (κ3) is 4.05. The van der Waals surface area contributed by atoms with Gasteiger partial charge in [-0.05, 0) is 25.5 Å². The smallest absolute Gasteiger partial charge is 0.357 e. The van der Waals surface area contributed by atoms with Gasteiger partial charge in [0.1, 0.15) is 0 Å². The second kappa shape index (κ2) is 6.40. The predicted octanol–water partition coefficient (Wildman–Crippen LogP) is 2.23. The zero-order valence-electron chi connectivity index (χ0n) is 9.77. The second-order valence-electron chi connectivity index (χ2n) is 3.36. The Morgan fingerprint density at radius 2 is 2.06 bits per heavy atom. The van der Waals surface area contributed by atoms with Crippen LogP contribution in [0.3, 0.4) is 0 Å². The minimum absolute atomic E-state index is 0.0503. The third-order valence-electron chi connectivity index (χ3n) is 2.03. The van der Waals surface area contributed by atoms with Crippen molar-refractivity contribution >= 4 is 18.1 Å². The molecule has 0 aliphatic carbocycles. The fraction of sp³-hybridized carbons (Fsp3) is 0.231. The first kappa shape index (κ1) is 12.9. The van der Waals surface area contributed by atoms with Crippen molar-refractivity contribution in [2.45, 2.75) is 13.8 Å². The Morgan fingerprint density at radius 1 is 1.41 bits per heavy atom. The Hall–Kier alpha value is -2.19. The minimum Gasteiger partial charge on any atom is -0.461 e. The zero-order valence-corrected chi connectivity index (χ0v) is 9.77. The summed E-state index contributed by atoms with van der Waals surface area (Å²) in [7, 11) is 0. The molecule has 0 aromatic heterocycles. The molecule has 0 amide bonds. The van der Waals surface area contributed by atoms with E-state index in [2.05, 4.69) is 4.99 Å². The molecule has 0 fully saturated rings. The summed E-state index contributed by atoms with van der Waals surface area (Å²) in [6, 6.07) is 7.46. The molecule has 0 bridgehead atoms. The number of hydrogen-bond donors (Lipinski definition) is 0. The van der Waals surface area contributed by atoms with E-state index in [1.807, 2.05) is 31.2 Å². The molecule has 17 heavy (non-hydrogen) atoms. The van der Waals surface area contributed by atoms with Crippen molar-refractivity contribution < 1.29 is 14.3 Å². The molecule has 4 nitrogen and oxygen atoms in total. The molecular formula is C13H13NO3. The molecule has 0 N–H and O–H groups in total. The molecule has 0 aliphatic heterocycles. The van der Waals surface area contributed by atoms with Gasteiger partial charge in [0, 0.05) is 0 Å². The van der Waals surface area contributed by atoms with Gasteiger partial charge in [-0.1, -0.05) is 29.8 Å². The lowest BCUT2D eigenvalue weighted by Crippen LogP contribution is -2.05. The number of nitrogens with zero attached hydrogens (tertiary/aromatic N) is 1. The molecule has 0 spiro atoms. The number of hydrogen-bond acceptors (Lipinski definition) is 4. The van der Waals surface area contributed by atoms with Gasteiger partial charge in [0.2, 0.25) is 6.08 Å². The molecule has 4 heteroatoms. The van der Waals surface area contributed by atoms with Gasteiger partial charge >= 0.3 is 5.97 Å². The van der Waals surface area contributed by atoms with E-state index in [-0.39, 0.29) is 12.3 Å². The standard InChI is InChI=1S/C13H13NO3/c1-3-17-13(16)12(14-9-15)8-11-6-4-10(2)5-7-11/h4-8H,3H2,1-2H3/b12-8-. The van der Waals surface area contributed by atoms with E-state index in [1.165, 1.54) is 12.2 Å². The topological polar surface area (TPSA) is 55.7 Å². The maximum atomic E-state index is 11.4. The Labute approximate surface area is 99.6 Å². The van der Waals surface area contributed by atoms with Crippen LogP contribution in [0.25, 0.3) is 6.08 Å². The highest BCUT2D eigenvalue weighted by atomic mass is 16.5. The van der Waals surface area contributed by atoms with Crippen molar-refractivity contribution in [3.05, 3.63) is 41.1 Å². The molecular weight excluding hydrogens is 218 g/mol. The normalized spacial score (nSPS) is 10.6. The summed E-state index contributed by atoms with van der Waals surface area (Å²) in [5.74, 6) is -0.628. The molecule has 0 atom stereocenters. The number of carbonyl (C=O) groups is 1. The maximum Gasteiger partial charge on any atom is 0.357 e. The summed E-state index contributed by atoms with van der Waals surface area (Å²) < 4.78 is 4.77. The quantitative estimate of drug-likeness (QED) is 0.345. The minimum atomic E-state index is -0.628. The first-order valence-electron chi connectivity index (χ1n) is 5.20. The van der Waals surface area contributed by atoms with Crippen molar-refractivity contribution in [3.63, 3.8) is 0 Å². The van der Waals surface area contributed by atoms with Crippen LogP contribution in [0.2, 0.25) is 0 Å². The number of aryl methyl sites for hydroxylation is 1. The molecule has 0 saturated carbocycles. The van der Waals surface area contributed by atoms with Crippen LogP contribution in [0, 0.1) is 6.92 Å². The third-order valence-corrected chi connectivity index (χ3v) is 2.03. The van der Waals surface area contributed by atoms with E-state index in [9.17, 15) is 9.59 Å². The highest BCUT2D eigenvalue weighted by molar-refractivity contribution is 5.94. The summed E-state index contributed by atoms with van der Waals surface area (Å²) >= 11 is 0. The van der Waals surface area contributed by atoms with Gasteiger partial charge in [-0.25, -0.2) is 9.59 Å². The number of carbonyl (C=O) groups excluding carboxylic acids is 2. The van der Waals surface area contributed by atoms with Crippen LogP contribution in [-0.4, -0.2) is 18.7 Å². The highest BCUT2D eigenvalue weighted by Gasteiger charge is 2.09. The average Bonchev–Trinajstić information content (AvgIpc) is 2.31. The number of rotatable bonds is 4. The molecule has 1 aromatic carbocycles. The summed E-state index contributed by atoms with van der Waals surface area (Å²) in [5, 5.41) is 0. The number of benzene rings is 1. The van der Waals surface area contributed by atoms with Gasteiger partial charge in [-0.15, -0.1) is 0 Å². The molecule has 0 radical (unpaired) electrons. The Balaban J connectivity index is 3.01. The van der Waals surface area contributed by atoms with Crippen LogP contribution in [-0.2, 0) is 14.3 Å². The summed E-state index contributed by atoms with van der Waals surface area (Å²) in [5.41, 5.74) is 1.84. The number of aliphatic imine (C=N–C) groups is 1. The molecule has 0 aliphatic rings. The lowest BCUT2D eigenvalue weighted by Gasteiger charge is -2.01. The van der Waals surface area contributed by atoms with Crippen LogP contribution in [0.15, 0.2) is 35.0 Å². The zero-order chi connectivity index (χ0) is 12.7. The number of isocyanates is 1. The van der Waals surface area contributed by atoms with Crippen LogP contribution in [0.1, 0.15) is 18.1 Å². The van der Waals surface area contributed by atoms with Gasteiger partial charge in [0.15, 0.2) is 5.70 Å². The first-order valence-corrected chi connectivity index (χ1v) is 5.20. The van der Waals surface area contributed by atoms with E-state index in [4.69, 9.17) is 4.74 Å². The summed E-state index contributed by atoms with van der Waals surface area (Å²) in [6.45, 7) is 3.88. The number of ether oxygens (including phenoxy) is 1. The lowest BCUT2D eigenvalue weighted by atomic mass is 10.1. The molecule has 0 saturated heterocycles. The van der Waals surface area contributed by atoms with Gasteiger partial charge in [0.05, 0.1) is 6.61 Å². The van der Waals surface area contributed by atoms with Gasteiger partial charge < -0.3 is 4.74 Å². The second-order valence-corrected chi connectivity index (χ2v) is 3.36. The molecule has 0 unspecified atom stereocenters. The van der Waals surface area contributed by atoms with Crippen molar-refractivity contribution in [3.8, 4) is 0 Å². The molecule has 1 rings (SSSR count). The van der Waals surface area contributed by atoms with E-state index in [0.29, 0.717) is 0 Å². The predicted molar refractivity (Wildman–Crippen MR) is 63.9 cm³/mol. The van der Waals surface area contributed by atoms with Crippen LogP contribution >= 0.6 is 0 Å². The fourth-order valence-corrected chi connectivity index (χ4v) is 1.21. The Bertz CT molecular complexity index is 468. The highest BCUT2D eigenvalue weighted by Crippen LogP contribution is 2.10. The Morgan fingerprint density at radius 3 is 2.59 bits per heavy atom. The molecule has 1 aromatic rings. The van der Waals surface area contributed by atoms with Gasteiger partial charge in [0.25, 0.3) is 0 Å². The van der Waals surface area contributed by atoms with E-state index in [1.54, 1.807) is 6.92 Å². The van der Waals surface area contributed by atoms with Crippen molar-refractivity contribution in [1.82, 2.24) is 0 Å². The van der Waals surface area contributed by atoms with Crippen molar-refractivity contribution in [1.29, 1.82) is 0 Å². The monoisotopic (exact) mass is 231 g/mol. The van der Waals surface area contributed by atoms with Crippen molar-refractivity contribution in [2.24, 2.45) is 4.99 Å². The van der Waals surface area contributed by atoms with Crippen LogP contribution in [0.4, 0.5) is 0 Å². The van der Waals surface area contributed by atoms with E-state index >= 15 is 0 Å². The first-order chi connectivity index (χ1) is 8.17. The largest absolute Gasteiger partial charge is 0.461 e. The molecule has 88 valence electrons. The number of esters is 1. The molecule has 0 heterocycles. The Kier molecular flexibility index (Phi) is 4.85.